The molecule has 0 aromatic heterocycles. The summed E-state index contributed by atoms with van der Waals surface area (Å²) in [6.07, 6.45) is 6.13. The van der Waals surface area contributed by atoms with Gasteiger partial charge in [0, 0.05) is 11.6 Å². The topological polar surface area (TPSA) is 29.1 Å². The number of nitrogens with one attached hydrogen (secondary N) is 1. The van der Waals surface area contributed by atoms with Crippen LogP contribution in [0.25, 0.3) is 0 Å². The molecule has 92 valence electrons. The number of benzene rings is 1. The number of rotatable bonds is 2. The standard InChI is InChI=1S/C15H21NO/c1-11(2)16-15(17)14-9-8-12-6-4-3-5-7-13(12)10-14/h8-11H,3-7H2,1-2H3,(H,16,17). The monoisotopic (exact) mass is 231 g/mol. The SMILES string of the molecule is CC(C)NC(=O)c1ccc2c(c1)CCCCC2. The van der Waals surface area contributed by atoms with Gasteiger partial charge in [-0.05, 0) is 62.8 Å². The molecule has 17 heavy (non-hydrogen) atoms. The first-order valence-electron chi connectivity index (χ1n) is 6.59. The number of hydrogen-bond acceptors (Lipinski definition) is 1. The van der Waals surface area contributed by atoms with Crippen LogP contribution in [0.2, 0.25) is 0 Å². The summed E-state index contributed by atoms with van der Waals surface area (Å²) < 4.78 is 0. The van der Waals surface area contributed by atoms with Crippen molar-refractivity contribution in [2.45, 2.75) is 52.0 Å². The van der Waals surface area contributed by atoms with Crippen molar-refractivity contribution >= 4 is 5.91 Å². The van der Waals surface area contributed by atoms with Crippen LogP contribution in [-0.4, -0.2) is 11.9 Å². The molecule has 1 aromatic carbocycles. The fourth-order valence-corrected chi connectivity index (χ4v) is 2.40. The van der Waals surface area contributed by atoms with Crippen molar-refractivity contribution in [3.8, 4) is 0 Å². The maximum atomic E-state index is 11.9. The summed E-state index contributed by atoms with van der Waals surface area (Å²) in [7, 11) is 0. The van der Waals surface area contributed by atoms with Gasteiger partial charge in [-0.1, -0.05) is 12.5 Å². The van der Waals surface area contributed by atoms with E-state index in [1.54, 1.807) is 0 Å². The first-order chi connectivity index (χ1) is 8.16. The minimum absolute atomic E-state index is 0.0482. The van der Waals surface area contributed by atoms with Crippen LogP contribution < -0.4 is 5.32 Å². The second kappa shape index (κ2) is 5.35. The number of carbonyl (C=O) groups is 1. The van der Waals surface area contributed by atoms with Crippen LogP contribution in [0.4, 0.5) is 0 Å². The van der Waals surface area contributed by atoms with Gasteiger partial charge >= 0.3 is 0 Å². The van der Waals surface area contributed by atoms with Gasteiger partial charge in [0.1, 0.15) is 0 Å². The largest absolute Gasteiger partial charge is 0.350 e. The Morgan fingerprint density at radius 1 is 1.12 bits per heavy atom. The van der Waals surface area contributed by atoms with Crippen LogP contribution in [0.3, 0.4) is 0 Å². The summed E-state index contributed by atoms with van der Waals surface area (Å²) in [6.45, 7) is 3.97. The second-order valence-corrected chi connectivity index (χ2v) is 5.17. The van der Waals surface area contributed by atoms with Gasteiger partial charge in [0.2, 0.25) is 0 Å². The van der Waals surface area contributed by atoms with E-state index >= 15 is 0 Å². The first kappa shape index (κ1) is 12.2. The first-order valence-corrected chi connectivity index (χ1v) is 6.59. The molecule has 0 saturated carbocycles. The molecule has 1 N–H and O–H groups in total. The Balaban J connectivity index is 2.20. The molecule has 0 unspecified atom stereocenters. The summed E-state index contributed by atoms with van der Waals surface area (Å²) in [4.78, 5) is 11.9. The van der Waals surface area contributed by atoms with E-state index in [0.29, 0.717) is 0 Å². The molecule has 2 rings (SSSR count). The molecule has 1 aliphatic rings. The van der Waals surface area contributed by atoms with Gasteiger partial charge in [-0.25, -0.2) is 0 Å². The molecule has 0 bridgehead atoms. The molecule has 0 saturated heterocycles. The Hall–Kier alpha value is -1.31. The van der Waals surface area contributed by atoms with Crippen LogP contribution in [0.15, 0.2) is 18.2 Å². The molecule has 2 heteroatoms. The highest BCUT2D eigenvalue weighted by molar-refractivity contribution is 5.94. The Kier molecular flexibility index (Phi) is 3.82. The summed E-state index contributed by atoms with van der Waals surface area (Å²) in [5.41, 5.74) is 3.61. The average molecular weight is 231 g/mol. The lowest BCUT2D eigenvalue weighted by molar-refractivity contribution is 0.0943. The maximum absolute atomic E-state index is 11.9. The second-order valence-electron chi connectivity index (χ2n) is 5.17. The molecular formula is C15H21NO. The molecule has 2 nitrogen and oxygen atoms in total. The molecule has 0 heterocycles. The van der Waals surface area contributed by atoms with E-state index in [2.05, 4.69) is 17.4 Å². The predicted octanol–water partition coefficient (Wildman–Crippen LogP) is 3.09. The van der Waals surface area contributed by atoms with E-state index in [-0.39, 0.29) is 11.9 Å². The van der Waals surface area contributed by atoms with Crippen LogP contribution >= 0.6 is 0 Å². The third-order valence-corrected chi connectivity index (χ3v) is 3.28. The minimum atomic E-state index is 0.0482. The summed E-state index contributed by atoms with van der Waals surface area (Å²) in [5, 5.41) is 2.94. The number of aryl methyl sites for hydroxylation is 2. The highest BCUT2D eigenvalue weighted by atomic mass is 16.1. The summed E-state index contributed by atoms with van der Waals surface area (Å²) in [6, 6.07) is 6.37. The molecule has 0 spiro atoms. The number of carbonyl (C=O) groups excluding carboxylic acids is 1. The van der Waals surface area contributed by atoms with Crippen molar-refractivity contribution in [2.75, 3.05) is 0 Å². The predicted molar refractivity (Wildman–Crippen MR) is 70.3 cm³/mol. The third-order valence-electron chi connectivity index (χ3n) is 3.28. The molecule has 0 atom stereocenters. The maximum Gasteiger partial charge on any atom is 0.251 e. The van der Waals surface area contributed by atoms with Crippen molar-refractivity contribution in [3.63, 3.8) is 0 Å². The molecule has 1 amide bonds. The Morgan fingerprint density at radius 3 is 2.53 bits per heavy atom. The van der Waals surface area contributed by atoms with Gasteiger partial charge in [0.05, 0.1) is 0 Å². The molecule has 1 aliphatic carbocycles. The van der Waals surface area contributed by atoms with Gasteiger partial charge in [-0.15, -0.1) is 0 Å². The van der Waals surface area contributed by atoms with Crippen LogP contribution in [0.5, 0.6) is 0 Å². The van der Waals surface area contributed by atoms with E-state index in [1.807, 2.05) is 19.9 Å². The zero-order chi connectivity index (χ0) is 12.3. The van der Waals surface area contributed by atoms with E-state index in [0.717, 1.165) is 12.0 Å². The van der Waals surface area contributed by atoms with Crippen LogP contribution in [-0.2, 0) is 12.8 Å². The lowest BCUT2D eigenvalue weighted by Crippen LogP contribution is -2.30. The van der Waals surface area contributed by atoms with Crippen molar-refractivity contribution < 1.29 is 4.79 Å². The van der Waals surface area contributed by atoms with Gasteiger partial charge in [0.25, 0.3) is 5.91 Å². The smallest absolute Gasteiger partial charge is 0.251 e. The van der Waals surface area contributed by atoms with Gasteiger partial charge in [0.15, 0.2) is 0 Å². The van der Waals surface area contributed by atoms with Crippen molar-refractivity contribution in [2.24, 2.45) is 0 Å². The number of fused-ring (bicyclic) bond motifs is 1. The van der Waals surface area contributed by atoms with E-state index < -0.39 is 0 Å². The molecule has 0 aliphatic heterocycles. The van der Waals surface area contributed by atoms with Gasteiger partial charge < -0.3 is 5.32 Å². The average Bonchev–Trinajstić information content (AvgIpc) is 2.51. The fourth-order valence-electron chi connectivity index (χ4n) is 2.40. The number of amides is 1. The van der Waals surface area contributed by atoms with E-state index in [4.69, 9.17) is 0 Å². The highest BCUT2D eigenvalue weighted by Gasteiger charge is 2.12. The summed E-state index contributed by atoms with van der Waals surface area (Å²) in [5.74, 6) is 0.0482. The molecule has 0 fully saturated rings. The zero-order valence-electron chi connectivity index (χ0n) is 10.8. The lowest BCUT2D eigenvalue weighted by Gasteiger charge is -2.11. The summed E-state index contributed by atoms with van der Waals surface area (Å²) >= 11 is 0. The van der Waals surface area contributed by atoms with Gasteiger partial charge in [-0.3, -0.25) is 4.79 Å². The minimum Gasteiger partial charge on any atom is -0.350 e. The van der Waals surface area contributed by atoms with E-state index in [1.165, 1.54) is 36.8 Å². The van der Waals surface area contributed by atoms with Gasteiger partial charge in [-0.2, -0.15) is 0 Å². The van der Waals surface area contributed by atoms with Crippen LogP contribution in [0.1, 0.15) is 54.6 Å². The van der Waals surface area contributed by atoms with Crippen LogP contribution in [0, 0.1) is 0 Å². The van der Waals surface area contributed by atoms with E-state index in [9.17, 15) is 4.79 Å². The van der Waals surface area contributed by atoms with Crippen molar-refractivity contribution in [3.05, 3.63) is 34.9 Å². The quantitative estimate of drug-likeness (QED) is 0.779. The number of hydrogen-bond donors (Lipinski definition) is 1. The lowest BCUT2D eigenvalue weighted by atomic mass is 10.00. The Labute approximate surface area is 103 Å². The normalized spacial score (nSPS) is 15.2. The molecular weight excluding hydrogens is 210 g/mol. The fraction of sp³-hybridized carbons (Fsp3) is 0.533. The highest BCUT2D eigenvalue weighted by Crippen LogP contribution is 2.21. The zero-order valence-corrected chi connectivity index (χ0v) is 10.8. The van der Waals surface area contributed by atoms with Crippen molar-refractivity contribution in [1.29, 1.82) is 0 Å². The Bertz CT molecular complexity index is 409. The third kappa shape index (κ3) is 3.09. The van der Waals surface area contributed by atoms with Crippen molar-refractivity contribution in [1.82, 2.24) is 5.32 Å². The Morgan fingerprint density at radius 2 is 1.82 bits per heavy atom. The molecule has 1 aromatic rings. The molecule has 0 radical (unpaired) electrons.